The summed E-state index contributed by atoms with van der Waals surface area (Å²) in [6.45, 7) is 17.7. The summed E-state index contributed by atoms with van der Waals surface area (Å²) >= 11 is 0. The third kappa shape index (κ3) is 13.7. The van der Waals surface area contributed by atoms with E-state index in [1.165, 1.54) is 19.8 Å². The van der Waals surface area contributed by atoms with Crippen molar-refractivity contribution in [3.63, 3.8) is 0 Å². The highest BCUT2D eigenvalue weighted by atomic mass is 16.6. The van der Waals surface area contributed by atoms with Crippen molar-refractivity contribution in [2.45, 2.75) is 53.4 Å². The molecular weight excluding hydrogens is 324 g/mol. The molecular formula is C19H30O6. The molecule has 0 aliphatic carbocycles. The first kappa shape index (κ1) is 24.9. The zero-order valence-corrected chi connectivity index (χ0v) is 15.7. The van der Waals surface area contributed by atoms with Gasteiger partial charge in [-0.25, -0.2) is 14.4 Å². The maximum Gasteiger partial charge on any atom is 0.371 e. The molecule has 0 aromatic rings. The molecule has 6 heteroatoms. The highest BCUT2D eigenvalue weighted by molar-refractivity contribution is 5.93. The summed E-state index contributed by atoms with van der Waals surface area (Å²) in [5.41, 5.74) is 0.614. The van der Waals surface area contributed by atoms with E-state index in [-0.39, 0.29) is 11.5 Å². The molecule has 0 aromatic carbocycles. The first-order chi connectivity index (χ1) is 11.6. The smallest absolute Gasteiger partial charge is 0.371 e. The number of carboxylic acids is 1. The van der Waals surface area contributed by atoms with E-state index < -0.39 is 17.7 Å². The molecule has 1 N–H and O–H groups in total. The Labute approximate surface area is 150 Å². The van der Waals surface area contributed by atoms with Crippen LogP contribution in [0, 0.1) is 5.92 Å². The fourth-order valence-corrected chi connectivity index (χ4v) is 1.46. The summed E-state index contributed by atoms with van der Waals surface area (Å²) in [7, 11) is 0. The normalized spacial score (nSPS) is 10.6. The van der Waals surface area contributed by atoms with Gasteiger partial charge in [-0.2, -0.15) is 0 Å². The van der Waals surface area contributed by atoms with Crippen LogP contribution in [0.25, 0.3) is 0 Å². The average molecular weight is 354 g/mol. The Bertz CT molecular complexity index is 480. The van der Waals surface area contributed by atoms with Crippen LogP contribution in [0.4, 0.5) is 0 Å². The molecule has 0 aliphatic heterocycles. The number of hydrogen-bond acceptors (Lipinski definition) is 5. The summed E-state index contributed by atoms with van der Waals surface area (Å²) in [5, 5.41) is 8.21. The van der Waals surface area contributed by atoms with Gasteiger partial charge in [-0.3, -0.25) is 0 Å². The van der Waals surface area contributed by atoms with Crippen LogP contribution >= 0.6 is 0 Å². The second-order valence-corrected chi connectivity index (χ2v) is 5.69. The molecule has 0 bridgehead atoms. The minimum absolute atomic E-state index is 0.132. The van der Waals surface area contributed by atoms with Gasteiger partial charge in [0, 0.05) is 11.1 Å². The van der Waals surface area contributed by atoms with Gasteiger partial charge in [0.15, 0.2) is 0 Å². The quantitative estimate of drug-likeness (QED) is 0.362. The molecule has 25 heavy (non-hydrogen) atoms. The van der Waals surface area contributed by atoms with Crippen molar-refractivity contribution in [1.82, 2.24) is 0 Å². The van der Waals surface area contributed by atoms with Crippen molar-refractivity contribution >= 4 is 17.9 Å². The summed E-state index contributed by atoms with van der Waals surface area (Å²) in [6.07, 6.45) is 4.63. The Hall–Kier alpha value is -2.37. The van der Waals surface area contributed by atoms with Crippen LogP contribution in [0.1, 0.15) is 53.4 Å². The van der Waals surface area contributed by atoms with Gasteiger partial charge in [0.2, 0.25) is 5.76 Å². The number of rotatable bonds is 10. The van der Waals surface area contributed by atoms with E-state index in [0.717, 1.165) is 12.8 Å². The molecule has 6 nitrogen and oxygen atoms in total. The van der Waals surface area contributed by atoms with Crippen LogP contribution in [0.2, 0.25) is 0 Å². The average Bonchev–Trinajstić information content (AvgIpc) is 2.54. The second kappa shape index (κ2) is 14.0. The molecule has 0 saturated heterocycles. The van der Waals surface area contributed by atoms with Gasteiger partial charge in [-0.05, 0) is 32.8 Å². The summed E-state index contributed by atoms with van der Waals surface area (Å²) in [5.74, 6) is -2.49. The predicted molar refractivity (Wildman–Crippen MR) is 96.8 cm³/mol. The molecule has 0 saturated carbocycles. The van der Waals surface area contributed by atoms with Crippen LogP contribution in [0.15, 0.2) is 36.6 Å². The van der Waals surface area contributed by atoms with E-state index in [2.05, 4.69) is 38.3 Å². The van der Waals surface area contributed by atoms with Crippen LogP contribution in [-0.2, 0) is 23.9 Å². The Morgan fingerprint density at radius 2 is 1.52 bits per heavy atom. The van der Waals surface area contributed by atoms with Crippen molar-refractivity contribution < 1.29 is 29.0 Å². The van der Waals surface area contributed by atoms with Crippen molar-refractivity contribution in [3.05, 3.63) is 36.6 Å². The topological polar surface area (TPSA) is 89.9 Å². The Morgan fingerprint density at radius 3 is 1.88 bits per heavy atom. The van der Waals surface area contributed by atoms with Crippen molar-refractivity contribution in [3.8, 4) is 0 Å². The molecule has 0 rings (SSSR count). The molecule has 0 fully saturated rings. The number of ether oxygens (including phenoxy) is 2. The maximum absolute atomic E-state index is 11.1. The number of hydrogen-bond donors (Lipinski definition) is 1. The number of unbranched alkanes of at least 4 members (excludes halogenated alkanes) is 1. The Kier molecular flexibility index (Phi) is 13.9. The van der Waals surface area contributed by atoms with Gasteiger partial charge in [-0.1, -0.05) is 46.3 Å². The molecule has 142 valence electrons. The molecule has 1 unspecified atom stereocenters. The van der Waals surface area contributed by atoms with E-state index >= 15 is 0 Å². The minimum Gasteiger partial charge on any atom is -0.475 e. The fourth-order valence-electron chi connectivity index (χ4n) is 1.46. The van der Waals surface area contributed by atoms with Crippen molar-refractivity contribution in [1.29, 1.82) is 0 Å². The largest absolute Gasteiger partial charge is 0.475 e. The number of esters is 2. The first-order valence-electron chi connectivity index (χ1n) is 8.19. The lowest BCUT2D eigenvalue weighted by atomic mass is 10.0. The summed E-state index contributed by atoms with van der Waals surface area (Å²) in [4.78, 5) is 31.8. The SMILES string of the molecule is C=C(C)C(=O)OC(=C)C(=O)O.C=C(C)C(=O)OCC(CC)CCCC. The van der Waals surface area contributed by atoms with Crippen molar-refractivity contribution in [2.24, 2.45) is 5.92 Å². The molecule has 0 spiro atoms. The van der Waals surface area contributed by atoms with E-state index in [4.69, 9.17) is 9.84 Å². The van der Waals surface area contributed by atoms with Crippen LogP contribution < -0.4 is 0 Å². The highest BCUT2D eigenvalue weighted by Gasteiger charge is 2.11. The lowest BCUT2D eigenvalue weighted by Gasteiger charge is -2.14. The standard InChI is InChI=1S/C12H22O2.C7H8O4/c1-5-7-8-11(6-2)9-14-12(13)10(3)4;1-4(2)7(10)11-5(3)6(8)9/h11H,3,5-9H2,1-2,4H3;1,3H2,2H3,(H,8,9). The lowest BCUT2D eigenvalue weighted by Crippen LogP contribution is -2.14. The van der Waals surface area contributed by atoms with Gasteiger partial charge in [0.25, 0.3) is 0 Å². The monoisotopic (exact) mass is 354 g/mol. The number of carbonyl (C=O) groups is 3. The maximum atomic E-state index is 11.1. The van der Waals surface area contributed by atoms with Crippen LogP contribution in [0.5, 0.6) is 0 Å². The lowest BCUT2D eigenvalue weighted by molar-refractivity contribution is -0.145. The zero-order chi connectivity index (χ0) is 20.0. The van der Waals surface area contributed by atoms with Gasteiger partial charge in [0.1, 0.15) is 0 Å². The third-order valence-electron chi connectivity index (χ3n) is 3.14. The van der Waals surface area contributed by atoms with Crippen LogP contribution in [0.3, 0.4) is 0 Å². The van der Waals surface area contributed by atoms with Gasteiger partial charge >= 0.3 is 17.9 Å². The van der Waals surface area contributed by atoms with E-state index in [0.29, 0.717) is 18.1 Å². The third-order valence-corrected chi connectivity index (χ3v) is 3.14. The van der Waals surface area contributed by atoms with Gasteiger partial charge < -0.3 is 14.6 Å². The Balaban J connectivity index is 0. The number of aliphatic carboxylic acids is 1. The predicted octanol–water partition coefficient (Wildman–Crippen LogP) is 4.03. The number of carbonyl (C=O) groups excluding carboxylic acids is 2. The molecule has 0 aliphatic rings. The second-order valence-electron chi connectivity index (χ2n) is 5.69. The minimum atomic E-state index is -1.36. The molecule has 0 heterocycles. The van der Waals surface area contributed by atoms with Crippen LogP contribution in [-0.4, -0.2) is 29.6 Å². The van der Waals surface area contributed by atoms with E-state index in [1.807, 2.05) is 0 Å². The van der Waals surface area contributed by atoms with Gasteiger partial charge in [-0.15, -0.1) is 0 Å². The Morgan fingerprint density at radius 1 is 1.00 bits per heavy atom. The first-order valence-corrected chi connectivity index (χ1v) is 8.19. The van der Waals surface area contributed by atoms with E-state index in [9.17, 15) is 14.4 Å². The fraction of sp³-hybridized carbons (Fsp3) is 0.526. The van der Waals surface area contributed by atoms with E-state index in [1.54, 1.807) is 6.92 Å². The zero-order valence-electron chi connectivity index (χ0n) is 15.7. The van der Waals surface area contributed by atoms with Gasteiger partial charge in [0.05, 0.1) is 6.61 Å². The molecule has 0 radical (unpaired) electrons. The molecule has 1 atom stereocenters. The molecule has 0 aromatic heterocycles. The van der Waals surface area contributed by atoms with Crippen molar-refractivity contribution in [2.75, 3.05) is 6.61 Å². The number of carboxylic acid groups (broad SMARTS) is 1. The summed E-state index contributed by atoms with van der Waals surface area (Å²) in [6, 6.07) is 0. The highest BCUT2D eigenvalue weighted by Crippen LogP contribution is 2.13. The summed E-state index contributed by atoms with van der Waals surface area (Å²) < 4.78 is 9.36. The molecule has 0 amide bonds.